The Labute approximate surface area is 93.7 Å². The predicted molar refractivity (Wildman–Crippen MR) is 61.1 cm³/mol. The molecule has 0 bridgehead atoms. The van der Waals surface area contributed by atoms with E-state index < -0.39 is 5.25 Å². The van der Waals surface area contributed by atoms with E-state index in [9.17, 15) is 4.79 Å². The number of thioether (sulfide) groups is 1. The second kappa shape index (κ2) is 5.42. The average molecular weight is 220 g/mol. The lowest BCUT2D eigenvalue weighted by molar-refractivity contribution is -0.128. The molecule has 0 heterocycles. The molecule has 0 saturated carbocycles. The molecule has 0 aliphatic rings. The Hall–Kier alpha value is -1.47. The van der Waals surface area contributed by atoms with Crippen LogP contribution >= 0.6 is 11.8 Å². The number of likely N-dealkylation sites (N-methyl/N-ethyl adjacent to an activating group) is 1. The first-order valence-corrected chi connectivity index (χ1v) is 5.35. The fourth-order valence-corrected chi connectivity index (χ4v) is 1.89. The van der Waals surface area contributed by atoms with Crippen molar-refractivity contribution in [1.29, 1.82) is 5.26 Å². The molecule has 1 rings (SSSR count). The zero-order chi connectivity index (χ0) is 11.3. The van der Waals surface area contributed by atoms with E-state index in [-0.39, 0.29) is 5.91 Å². The molecule has 4 heteroatoms. The van der Waals surface area contributed by atoms with Gasteiger partial charge in [0.25, 0.3) is 0 Å². The topological polar surface area (TPSA) is 44.1 Å². The first-order chi connectivity index (χ1) is 7.16. The van der Waals surface area contributed by atoms with Gasteiger partial charge in [-0.2, -0.15) is 5.26 Å². The quantitative estimate of drug-likeness (QED) is 0.732. The normalized spacial score (nSPS) is 11.5. The van der Waals surface area contributed by atoms with Gasteiger partial charge in [-0.1, -0.05) is 30.3 Å². The lowest BCUT2D eigenvalue weighted by atomic mass is 10.1. The minimum atomic E-state index is -0.425. The summed E-state index contributed by atoms with van der Waals surface area (Å²) in [5, 5.41) is 10.2. The minimum Gasteiger partial charge on any atom is -0.348 e. The molecule has 1 atom stereocenters. The van der Waals surface area contributed by atoms with Gasteiger partial charge >= 0.3 is 0 Å². The molecule has 1 aromatic carbocycles. The van der Waals surface area contributed by atoms with Crippen molar-refractivity contribution in [3.05, 3.63) is 35.9 Å². The Balaban J connectivity index is 2.94. The summed E-state index contributed by atoms with van der Waals surface area (Å²) in [5.74, 6) is -0.0623. The number of carbonyl (C=O) groups excluding carboxylic acids is 1. The van der Waals surface area contributed by atoms with Crippen molar-refractivity contribution >= 4 is 17.7 Å². The molecule has 1 aromatic rings. The van der Waals surface area contributed by atoms with Gasteiger partial charge in [0.05, 0.1) is 0 Å². The molecule has 1 amide bonds. The Bertz CT molecular complexity index is 370. The van der Waals surface area contributed by atoms with Crippen LogP contribution in [0, 0.1) is 10.7 Å². The van der Waals surface area contributed by atoms with Crippen LogP contribution in [0.15, 0.2) is 30.3 Å². The fraction of sp³-hybridized carbons (Fsp3) is 0.273. The molecule has 0 aliphatic heterocycles. The number of hydrogen-bond acceptors (Lipinski definition) is 3. The third kappa shape index (κ3) is 3.00. The van der Waals surface area contributed by atoms with Crippen LogP contribution in [0.1, 0.15) is 10.8 Å². The van der Waals surface area contributed by atoms with Gasteiger partial charge in [-0.3, -0.25) is 4.79 Å². The maximum absolute atomic E-state index is 11.8. The SMILES string of the molecule is CN(C)C(=O)C(SC#N)c1ccccc1. The molecule has 15 heavy (non-hydrogen) atoms. The fourth-order valence-electron chi connectivity index (χ4n) is 1.18. The molecule has 0 saturated heterocycles. The Morgan fingerprint density at radius 2 is 2.00 bits per heavy atom. The summed E-state index contributed by atoms with van der Waals surface area (Å²) in [4.78, 5) is 13.3. The minimum absolute atomic E-state index is 0.0623. The molecule has 1 unspecified atom stereocenters. The maximum Gasteiger partial charge on any atom is 0.240 e. The third-order valence-corrected chi connectivity index (χ3v) is 2.75. The Morgan fingerprint density at radius 3 is 2.47 bits per heavy atom. The lowest BCUT2D eigenvalue weighted by Crippen LogP contribution is -2.26. The third-order valence-electron chi connectivity index (χ3n) is 1.94. The van der Waals surface area contributed by atoms with Gasteiger partial charge in [-0.05, 0) is 17.3 Å². The summed E-state index contributed by atoms with van der Waals surface area (Å²) in [6, 6.07) is 9.33. The number of nitrogens with zero attached hydrogens (tertiary/aromatic N) is 2. The van der Waals surface area contributed by atoms with Crippen molar-refractivity contribution < 1.29 is 4.79 Å². The van der Waals surface area contributed by atoms with Crippen molar-refractivity contribution in [2.75, 3.05) is 14.1 Å². The van der Waals surface area contributed by atoms with Crippen LogP contribution in [-0.4, -0.2) is 24.9 Å². The van der Waals surface area contributed by atoms with E-state index in [1.54, 1.807) is 14.1 Å². The number of rotatable bonds is 3. The second-order valence-electron chi connectivity index (χ2n) is 3.23. The summed E-state index contributed by atoms with van der Waals surface area (Å²) in [7, 11) is 3.38. The smallest absolute Gasteiger partial charge is 0.240 e. The van der Waals surface area contributed by atoms with Crippen molar-refractivity contribution in [1.82, 2.24) is 4.90 Å². The Morgan fingerprint density at radius 1 is 1.40 bits per heavy atom. The van der Waals surface area contributed by atoms with E-state index in [1.807, 2.05) is 35.7 Å². The zero-order valence-electron chi connectivity index (χ0n) is 8.68. The molecule has 0 aromatic heterocycles. The summed E-state index contributed by atoms with van der Waals surface area (Å²) in [6.07, 6.45) is 0. The molecular weight excluding hydrogens is 208 g/mol. The summed E-state index contributed by atoms with van der Waals surface area (Å²) in [6.45, 7) is 0. The van der Waals surface area contributed by atoms with Gasteiger partial charge in [0.1, 0.15) is 10.7 Å². The lowest BCUT2D eigenvalue weighted by Gasteiger charge is -2.17. The standard InChI is InChI=1S/C11H12N2OS/c1-13(2)11(14)10(15-8-12)9-6-4-3-5-7-9/h3-7,10H,1-2H3. The number of carbonyl (C=O) groups is 1. The van der Waals surface area contributed by atoms with Crippen molar-refractivity contribution in [2.45, 2.75) is 5.25 Å². The van der Waals surface area contributed by atoms with E-state index in [2.05, 4.69) is 0 Å². The number of benzene rings is 1. The number of nitriles is 1. The van der Waals surface area contributed by atoms with E-state index in [0.717, 1.165) is 17.3 Å². The Kier molecular flexibility index (Phi) is 4.19. The average Bonchev–Trinajstić information content (AvgIpc) is 2.26. The molecule has 3 nitrogen and oxygen atoms in total. The van der Waals surface area contributed by atoms with E-state index >= 15 is 0 Å². The van der Waals surface area contributed by atoms with E-state index in [1.165, 1.54) is 4.90 Å². The molecule has 0 N–H and O–H groups in total. The molecule has 0 fully saturated rings. The predicted octanol–water partition coefficient (Wildman–Crippen LogP) is 2.03. The highest BCUT2D eigenvalue weighted by molar-refractivity contribution is 8.04. The van der Waals surface area contributed by atoms with E-state index in [0.29, 0.717) is 0 Å². The number of amides is 1. The van der Waals surface area contributed by atoms with Gasteiger partial charge in [-0.25, -0.2) is 0 Å². The molecule has 0 spiro atoms. The van der Waals surface area contributed by atoms with Gasteiger partial charge in [0.15, 0.2) is 0 Å². The van der Waals surface area contributed by atoms with Crippen molar-refractivity contribution in [3.8, 4) is 5.40 Å². The van der Waals surface area contributed by atoms with Crippen molar-refractivity contribution in [2.24, 2.45) is 0 Å². The van der Waals surface area contributed by atoms with Crippen molar-refractivity contribution in [3.63, 3.8) is 0 Å². The summed E-state index contributed by atoms with van der Waals surface area (Å²) < 4.78 is 0. The highest BCUT2D eigenvalue weighted by atomic mass is 32.2. The molecule has 78 valence electrons. The van der Waals surface area contributed by atoms with E-state index in [4.69, 9.17) is 5.26 Å². The van der Waals surface area contributed by atoms with Gasteiger partial charge < -0.3 is 4.90 Å². The van der Waals surface area contributed by atoms with Crippen LogP contribution in [0.2, 0.25) is 0 Å². The second-order valence-corrected chi connectivity index (χ2v) is 4.12. The maximum atomic E-state index is 11.8. The van der Waals surface area contributed by atoms with Crippen LogP contribution in [0.4, 0.5) is 0 Å². The summed E-state index contributed by atoms with van der Waals surface area (Å²) >= 11 is 0.980. The highest BCUT2D eigenvalue weighted by Crippen LogP contribution is 2.29. The van der Waals surface area contributed by atoms with Crippen LogP contribution in [0.5, 0.6) is 0 Å². The van der Waals surface area contributed by atoms with Crippen LogP contribution in [-0.2, 0) is 4.79 Å². The van der Waals surface area contributed by atoms with Gasteiger partial charge in [0.2, 0.25) is 5.91 Å². The molecule has 0 aliphatic carbocycles. The highest BCUT2D eigenvalue weighted by Gasteiger charge is 2.22. The zero-order valence-corrected chi connectivity index (χ0v) is 9.49. The largest absolute Gasteiger partial charge is 0.348 e. The molecule has 0 radical (unpaired) electrons. The summed E-state index contributed by atoms with van der Waals surface area (Å²) in [5.41, 5.74) is 0.864. The van der Waals surface area contributed by atoms with Crippen LogP contribution in [0.25, 0.3) is 0 Å². The number of hydrogen-bond donors (Lipinski definition) is 0. The van der Waals surface area contributed by atoms with Gasteiger partial charge in [-0.15, -0.1) is 0 Å². The van der Waals surface area contributed by atoms with Gasteiger partial charge in [0, 0.05) is 14.1 Å². The first-order valence-electron chi connectivity index (χ1n) is 4.47. The molecular formula is C11H12N2OS. The van der Waals surface area contributed by atoms with Crippen LogP contribution in [0.3, 0.4) is 0 Å². The monoisotopic (exact) mass is 220 g/mol. The number of thiocyanates is 1. The first kappa shape index (κ1) is 11.6. The van der Waals surface area contributed by atoms with Crippen LogP contribution < -0.4 is 0 Å².